The van der Waals surface area contributed by atoms with Gasteiger partial charge in [-0.25, -0.2) is 13.6 Å². The Kier molecular flexibility index (Phi) is 4.57. The molecule has 0 amide bonds. The van der Waals surface area contributed by atoms with Crippen LogP contribution >= 0.6 is 15.9 Å². The van der Waals surface area contributed by atoms with Gasteiger partial charge in [0.15, 0.2) is 0 Å². The highest BCUT2D eigenvalue weighted by Crippen LogP contribution is 2.25. The molecule has 110 valence electrons. The van der Waals surface area contributed by atoms with Crippen molar-refractivity contribution in [2.75, 3.05) is 5.32 Å². The average molecular weight is 356 g/mol. The number of rotatable bonds is 4. The Morgan fingerprint density at radius 1 is 1.19 bits per heavy atom. The number of anilines is 1. The van der Waals surface area contributed by atoms with E-state index in [2.05, 4.69) is 21.2 Å². The molecule has 0 aliphatic carbocycles. The van der Waals surface area contributed by atoms with Crippen molar-refractivity contribution >= 4 is 27.6 Å². The van der Waals surface area contributed by atoms with Gasteiger partial charge in [0.2, 0.25) is 0 Å². The zero-order valence-corrected chi connectivity index (χ0v) is 12.6. The van der Waals surface area contributed by atoms with E-state index in [1.54, 1.807) is 12.1 Å². The van der Waals surface area contributed by atoms with Crippen LogP contribution in [0.3, 0.4) is 0 Å². The molecule has 0 saturated heterocycles. The largest absolute Gasteiger partial charge is 0.478 e. The van der Waals surface area contributed by atoms with E-state index in [4.69, 9.17) is 5.11 Å². The highest BCUT2D eigenvalue weighted by Gasteiger charge is 2.13. The van der Waals surface area contributed by atoms with Gasteiger partial charge in [0, 0.05) is 11.7 Å². The number of carboxylic acids is 1. The number of hydrogen-bond acceptors (Lipinski definition) is 2. The summed E-state index contributed by atoms with van der Waals surface area (Å²) in [5.41, 5.74) is 0.888. The standard InChI is InChI=1S/C15H12BrF2NO2/c1-8(9-2-4-14(18)12(16)6-9)19-10-3-5-13(17)11(7-10)15(20)21/h2-8,19H,1H3,(H,20,21). The molecule has 2 N–H and O–H groups in total. The van der Waals surface area contributed by atoms with Crippen LogP contribution in [0.1, 0.15) is 28.9 Å². The van der Waals surface area contributed by atoms with Crippen LogP contribution in [0, 0.1) is 11.6 Å². The van der Waals surface area contributed by atoms with Crippen molar-refractivity contribution < 1.29 is 18.7 Å². The van der Waals surface area contributed by atoms with Gasteiger partial charge in [0.25, 0.3) is 0 Å². The smallest absolute Gasteiger partial charge is 0.338 e. The topological polar surface area (TPSA) is 49.3 Å². The first-order chi connectivity index (χ1) is 9.88. The highest BCUT2D eigenvalue weighted by molar-refractivity contribution is 9.10. The summed E-state index contributed by atoms with van der Waals surface area (Å²) in [7, 11) is 0. The second-order valence-corrected chi connectivity index (χ2v) is 5.39. The summed E-state index contributed by atoms with van der Waals surface area (Å²) in [5.74, 6) is -2.47. The van der Waals surface area contributed by atoms with E-state index in [1.807, 2.05) is 6.92 Å². The van der Waals surface area contributed by atoms with Gasteiger partial charge in [-0.2, -0.15) is 0 Å². The maximum atomic E-state index is 13.3. The minimum Gasteiger partial charge on any atom is -0.478 e. The van der Waals surface area contributed by atoms with Gasteiger partial charge >= 0.3 is 5.97 Å². The molecule has 2 rings (SSSR count). The van der Waals surface area contributed by atoms with E-state index < -0.39 is 17.3 Å². The predicted molar refractivity (Wildman–Crippen MR) is 79.5 cm³/mol. The van der Waals surface area contributed by atoms with Gasteiger partial charge in [-0.3, -0.25) is 0 Å². The van der Waals surface area contributed by atoms with Crippen LogP contribution in [0.5, 0.6) is 0 Å². The fourth-order valence-corrected chi connectivity index (χ4v) is 2.29. The normalized spacial score (nSPS) is 12.0. The summed E-state index contributed by atoms with van der Waals surface area (Å²) in [6.07, 6.45) is 0. The third-order valence-electron chi connectivity index (χ3n) is 3.02. The van der Waals surface area contributed by atoms with Gasteiger partial charge in [-0.15, -0.1) is 0 Å². The van der Waals surface area contributed by atoms with Crippen molar-refractivity contribution in [1.29, 1.82) is 0 Å². The zero-order chi connectivity index (χ0) is 15.6. The van der Waals surface area contributed by atoms with Gasteiger partial charge in [0.1, 0.15) is 11.6 Å². The van der Waals surface area contributed by atoms with E-state index >= 15 is 0 Å². The Balaban J connectivity index is 2.23. The Labute approximate surface area is 128 Å². The first kappa shape index (κ1) is 15.4. The summed E-state index contributed by atoms with van der Waals surface area (Å²) < 4.78 is 26.9. The lowest BCUT2D eigenvalue weighted by molar-refractivity contribution is 0.0692. The maximum Gasteiger partial charge on any atom is 0.338 e. The van der Waals surface area contributed by atoms with Crippen LogP contribution in [0.4, 0.5) is 14.5 Å². The minimum absolute atomic E-state index is 0.200. The summed E-state index contributed by atoms with van der Waals surface area (Å²) in [4.78, 5) is 10.9. The van der Waals surface area contributed by atoms with Crippen LogP contribution in [-0.2, 0) is 0 Å². The van der Waals surface area contributed by atoms with Gasteiger partial charge in [-0.05, 0) is 58.7 Å². The molecule has 1 atom stereocenters. The summed E-state index contributed by atoms with van der Waals surface area (Å²) >= 11 is 3.11. The molecule has 2 aromatic rings. The molecule has 6 heteroatoms. The van der Waals surface area contributed by atoms with Gasteiger partial charge in [0.05, 0.1) is 10.0 Å². The molecule has 0 aliphatic heterocycles. The lowest BCUT2D eigenvalue weighted by Gasteiger charge is -2.16. The van der Waals surface area contributed by atoms with Gasteiger partial charge in [-0.1, -0.05) is 6.07 Å². The maximum absolute atomic E-state index is 13.3. The van der Waals surface area contributed by atoms with Crippen LogP contribution in [0.2, 0.25) is 0 Å². The summed E-state index contributed by atoms with van der Waals surface area (Å²) in [6, 6.07) is 8.18. The summed E-state index contributed by atoms with van der Waals surface area (Å²) in [5, 5.41) is 11.9. The van der Waals surface area contributed by atoms with Crippen molar-refractivity contribution in [2.24, 2.45) is 0 Å². The molecule has 0 radical (unpaired) electrons. The molecule has 0 heterocycles. The molecular formula is C15H12BrF2NO2. The number of hydrogen-bond donors (Lipinski definition) is 2. The number of nitrogens with one attached hydrogen (secondary N) is 1. The molecule has 0 aliphatic rings. The van der Waals surface area contributed by atoms with E-state index in [9.17, 15) is 13.6 Å². The van der Waals surface area contributed by atoms with Gasteiger partial charge < -0.3 is 10.4 Å². The molecule has 0 spiro atoms. The molecule has 2 aromatic carbocycles. The Hall–Kier alpha value is -1.95. The third kappa shape index (κ3) is 3.58. The van der Waals surface area contributed by atoms with Crippen LogP contribution in [0.25, 0.3) is 0 Å². The SMILES string of the molecule is CC(Nc1ccc(F)c(C(=O)O)c1)c1ccc(F)c(Br)c1. The Morgan fingerprint density at radius 3 is 2.48 bits per heavy atom. The van der Waals surface area contributed by atoms with Crippen molar-refractivity contribution in [3.63, 3.8) is 0 Å². The molecular weight excluding hydrogens is 344 g/mol. The van der Waals surface area contributed by atoms with Crippen molar-refractivity contribution in [3.05, 3.63) is 63.6 Å². The molecule has 0 bridgehead atoms. The minimum atomic E-state index is -1.33. The summed E-state index contributed by atoms with van der Waals surface area (Å²) in [6.45, 7) is 1.84. The van der Waals surface area contributed by atoms with Crippen LogP contribution in [-0.4, -0.2) is 11.1 Å². The van der Waals surface area contributed by atoms with Crippen molar-refractivity contribution in [2.45, 2.75) is 13.0 Å². The molecule has 0 aromatic heterocycles. The Bertz CT molecular complexity index is 691. The van der Waals surface area contributed by atoms with E-state index in [-0.39, 0.29) is 11.9 Å². The number of benzene rings is 2. The monoisotopic (exact) mass is 355 g/mol. The number of carbonyl (C=O) groups is 1. The second-order valence-electron chi connectivity index (χ2n) is 4.54. The zero-order valence-electron chi connectivity index (χ0n) is 11.0. The van der Waals surface area contributed by atoms with Crippen LogP contribution in [0.15, 0.2) is 40.9 Å². The average Bonchev–Trinajstić information content (AvgIpc) is 2.43. The van der Waals surface area contributed by atoms with E-state index in [1.165, 1.54) is 18.2 Å². The number of halogens is 3. The van der Waals surface area contributed by atoms with Crippen molar-refractivity contribution in [3.8, 4) is 0 Å². The molecule has 0 saturated carbocycles. The molecule has 3 nitrogen and oxygen atoms in total. The third-order valence-corrected chi connectivity index (χ3v) is 3.63. The first-order valence-electron chi connectivity index (χ1n) is 6.13. The Morgan fingerprint density at radius 2 is 1.86 bits per heavy atom. The number of aromatic carboxylic acids is 1. The predicted octanol–water partition coefficient (Wildman–Crippen LogP) is 4.60. The van der Waals surface area contributed by atoms with E-state index in [0.29, 0.717) is 10.2 Å². The van der Waals surface area contributed by atoms with Crippen LogP contribution < -0.4 is 5.32 Å². The molecule has 0 fully saturated rings. The lowest BCUT2D eigenvalue weighted by atomic mass is 10.1. The first-order valence-corrected chi connectivity index (χ1v) is 6.92. The fraction of sp³-hybridized carbons (Fsp3) is 0.133. The quantitative estimate of drug-likeness (QED) is 0.842. The van der Waals surface area contributed by atoms with Crippen molar-refractivity contribution in [1.82, 2.24) is 0 Å². The highest BCUT2D eigenvalue weighted by atomic mass is 79.9. The second kappa shape index (κ2) is 6.22. The molecule has 1 unspecified atom stereocenters. The lowest BCUT2D eigenvalue weighted by Crippen LogP contribution is -2.08. The fourth-order valence-electron chi connectivity index (χ4n) is 1.89. The molecule has 21 heavy (non-hydrogen) atoms. The van der Waals surface area contributed by atoms with E-state index in [0.717, 1.165) is 11.6 Å². The number of carboxylic acid groups (broad SMARTS) is 1.